The van der Waals surface area contributed by atoms with Crippen molar-refractivity contribution in [2.24, 2.45) is 0 Å². The first-order valence-electron chi connectivity index (χ1n) is 5.25. The molecule has 5 heteroatoms. The number of hydrogen-bond donors (Lipinski definition) is 2. The van der Waals surface area contributed by atoms with Crippen LogP contribution in [0, 0.1) is 6.92 Å². The molecule has 0 heterocycles. The molecule has 16 heavy (non-hydrogen) atoms. The SMILES string of the molecule is CNCCCS(=O)(=O)Nc1ccc(C)cc1. The minimum atomic E-state index is -3.21. The average Bonchev–Trinajstić information content (AvgIpc) is 2.21. The van der Waals surface area contributed by atoms with Gasteiger partial charge in [-0.3, -0.25) is 4.72 Å². The Morgan fingerprint density at radius 3 is 2.38 bits per heavy atom. The van der Waals surface area contributed by atoms with Crippen molar-refractivity contribution >= 4 is 15.7 Å². The highest BCUT2D eigenvalue weighted by molar-refractivity contribution is 7.92. The van der Waals surface area contributed by atoms with Crippen LogP contribution in [0.15, 0.2) is 24.3 Å². The van der Waals surface area contributed by atoms with Gasteiger partial charge >= 0.3 is 0 Å². The fourth-order valence-electron chi connectivity index (χ4n) is 1.29. The molecule has 0 aliphatic carbocycles. The normalized spacial score (nSPS) is 11.4. The van der Waals surface area contributed by atoms with E-state index in [2.05, 4.69) is 10.0 Å². The van der Waals surface area contributed by atoms with Gasteiger partial charge in [-0.2, -0.15) is 0 Å². The molecule has 2 N–H and O–H groups in total. The van der Waals surface area contributed by atoms with E-state index < -0.39 is 10.0 Å². The van der Waals surface area contributed by atoms with Gasteiger partial charge in [0.1, 0.15) is 0 Å². The van der Waals surface area contributed by atoms with Gasteiger partial charge in [0.15, 0.2) is 0 Å². The molecule has 0 unspecified atom stereocenters. The van der Waals surface area contributed by atoms with Crippen LogP contribution in [-0.4, -0.2) is 27.8 Å². The topological polar surface area (TPSA) is 58.2 Å². The molecule has 0 saturated heterocycles. The smallest absolute Gasteiger partial charge is 0.232 e. The summed E-state index contributed by atoms with van der Waals surface area (Å²) in [7, 11) is -1.40. The van der Waals surface area contributed by atoms with Gasteiger partial charge in [0.25, 0.3) is 0 Å². The second-order valence-electron chi connectivity index (χ2n) is 3.74. The Hall–Kier alpha value is -1.07. The van der Waals surface area contributed by atoms with Gasteiger partial charge < -0.3 is 5.32 Å². The van der Waals surface area contributed by atoms with Crippen LogP contribution in [0.1, 0.15) is 12.0 Å². The maximum Gasteiger partial charge on any atom is 0.232 e. The van der Waals surface area contributed by atoms with Gasteiger partial charge in [0, 0.05) is 5.69 Å². The molecule has 0 aliphatic heterocycles. The maximum atomic E-state index is 11.6. The molecule has 0 aromatic heterocycles. The van der Waals surface area contributed by atoms with Crippen molar-refractivity contribution in [3.63, 3.8) is 0 Å². The summed E-state index contributed by atoms with van der Waals surface area (Å²) >= 11 is 0. The molecule has 1 aromatic carbocycles. The van der Waals surface area contributed by atoms with E-state index >= 15 is 0 Å². The molecule has 0 amide bonds. The van der Waals surface area contributed by atoms with Gasteiger partial charge in [-0.15, -0.1) is 0 Å². The van der Waals surface area contributed by atoms with E-state index in [1.807, 2.05) is 19.1 Å². The molecule has 0 radical (unpaired) electrons. The number of hydrogen-bond acceptors (Lipinski definition) is 3. The standard InChI is InChI=1S/C11H18N2O2S/c1-10-4-6-11(7-5-10)13-16(14,15)9-3-8-12-2/h4-7,12-13H,3,8-9H2,1-2H3. The van der Waals surface area contributed by atoms with Crippen LogP contribution in [-0.2, 0) is 10.0 Å². The van der Waals surface area contributed by atoms with Crippen molar-refractivity contribution in [1.82, 2.24) is 5.32 Å². The molecule has 0 aliphatic rings. The molecular formula is C11H18N2O2S. The lowest BCUT2D eigenvalue weighted by atomic mass is 10.2. The Morgan fingerprint density at radius 1 is 1.19 bits per heavy atom. The number of sulfonamides is 1. The minimum absolute atomic E-state index is 0.141. The summed E-state index contributed by atoms with van der Waals surface area (Å²) in [5.74, 6) is 0.141. The van der Waals surface area contributed by atoms with Crippen LogP contribution in [0.5, 0.6) is 0 Å². The highest BCUT2D eigenvalue weighted by atomic mass is 32.2. The van der Waals surface area contributed by atoms with E-state index in [0.29, 0.717) is 18.7 Å². The molecule has 0 spiro atoms. The van der Waals surface area contributed by atoms with Crippen LogP contribution < -0.4 is 10.0 Å². The highest BCUT2D eigenvalue weighted by Crippen LogP contribution is 2.10. The molecule has 0 atom stereocenters. The molecule has 90 valence electrons. The predicted octanol–water partition coefficient (Wildman–Crippen LogP) is 1.35. The first kappa shape index (κ1) is 13.0. The fraction of sp³-hybridized carbons (Fsp3) is 0.455. The van der Waals surface area contributed by atoms with Crippen molar-refractivity contribution in [3.05, 3.63) is 29.8 Å². The van der Waals surface area contributed by atoms with E-state index in [4.69, 9.17) is 0 Å². The van der Waals surface area contributed by atoms with Crippen LogP contribution in [0.2, 0.25) is 0 Å². The van der Waals surface area contributed by atoms with Crippen LogP contribution >= 0.6 is 0 Å². The first-order valence-corrected chi connectivity index (χ1v) is 6.90. The summed E-state index contributed by atoms with van der Waals surface area (Å²) in [5, 5.41) is 2.92. The zero-order valence-corrected chi connectivity index (χ0v) is 10.5. The quantitative estimate of drug-likeness (QED) is 0.740. The first-order chi connectivity index (χ1) is 7.53. The molecule has 0 fully saturated rings. The molecular weight excluding hydrogens is 224 g/mol. The Kier molecular flexibility index (Phi) is 4.76. The molecule has 1 aromatic rings. The van der Waals surface area contributed by atoms with E-state index in [1.165, 1.54) is 0 Å². The van der Waals surface area contributed by atoms with Crippen molar-refractivity contribution in [3.8, 4) is 0 Å². The lowest BCUT2D eigenvalue weighted by Gasteiger charge is -2.07. The van der Waals surface area contributed by atoms with Gasteiger partial charge in [0.2, 0.25) is 10.0 Å². The van der Waals surface area contributed by atoms with Crippen LogP contribution in [0.4, 0.5) is 5.69 Å². The number of anilines is 1. The molecule has 0 saturated carbocycles. The summed E-state index contributed by atoms with van der Waals surface area (Å²) in [6.45, 7) is 2.67. The van der Waals surface area contributed by atoms with E-state index in [-0.39, 0.29) is 5.75 Å². The average molecular weight is 242 g/mol. The summed E-state index contributed by atoms with van der Waals surface area (Å²) in [6.07, 6.45) is 0.609. The Balaban J connectivity index is 2.55. The number of rotatable bonds is 6. The monoisotopic (exact) mass is 242 g/mol. The summed E-state index contributed by atoms with van der Waals surface area (Å²) in [6, 6.07) is 7.30. The van der Waals surface area contributed by atoms with Crippen LogP contribution in [0.3, 0.4) is 0 Å². The summed E-state index contributed by atoms with van der Waals surface area (Å²) in [4.78, 5) is 0. The van der Waals surface area contributed by atoms with Gasteiger partial charge in [0.05, 0.1) is 5.75 Å². The lowest BCUT2D eigenvalue weighted by molar-refractivity contribution is 0.597. The summed E-state index contributed by atoms with van der Waals surface area (Å²) < 4.78 is 25.8. The third kappa shape index (κ3) is 4.63. The second-order valence-corrected chi connectivity index (χ2v) is 5.59. The number of aryl methyl sites for hydroxylation is 1. The van der Waals surface area contributed by atoms with Crippen molar-refractivity contribution in [2.45, 2.75) is 13.3 Å². The lowest BCUT2D eigenvalue weighted by Crippen LogP contribution is -2.20. The van der Waals surface area contributed by atoms with E-state index in [1.54, 1.807) is 19.2 Å². The summed E-state index contributed by atoms with van der Waals surface area (Å²) in [5.41, 5.74) is 1.73. The van der Waals surface area contributed by atoms with Crippen molar-refractivity contribution < 1.29 is 8.42 Å². The fourth-order valence-corrected chi connectivity index (χ4v) is 2.41. The van der Waals surface area contributed by atoms with Crippen molar-refractivity contribution in [2.75, 3.05) is 24.1 Å². The number of benzene rings is 1. The van der Waals surface area contributed by atoms with Gasteiger partial charge in [-0.1, -0.05) is 17.7 Å². The number of nitrogens with one attached hydrogen (secondary N) is 2. The Labute approximate surface area is 97.1 Å². The van der Waals surface area contributed by atoms with Gasteiger partial charge in [-0.25, -0.2) is 8.42 Å². The zero-order valence-electron chi connectivity index (χ0n) is 9.66. The largest absolute Gasteiger partial charge is 0.320 e. The maximum absolute atomic E-state index is 11.6. The van der Waals surface area contributed by atoms with E-state index in [9.17, 15) is 8.42 Å². The van der Waals surface area contributed by atoms with Crippen LogP contribution in [0.25, 0.3) is 0 Å². The minimum Gasteiger partial charge on any atom is -0.320 e. The third-order valence-corrected chi connectivity index (χ3v) is 3.54. The van der Waals surface area contributed by atoms with Crippen molar-refractivity contribution in [1.29, 1.82) is 0 Å². The van der Waals surface area contributed by atoms with E-state index in [0.717, 1.165) is 5.56 Å². The molecule has 0 bridgehead atoms. The Bertz CT molecular complexity index is 412. The predicted molar refractivity (Wildman–Crippen MR) is 67.1 cm³/mol. The Morgan fingerprint density at radius 2 is 1.81 bits per heavy atom. The molecule has 1 rings (SSSR count). The highest BCUT2D eigenvalue weighted by Gasteiger charge is 2.09. The third-order valence-electron chi connectivity index (χ3n) is 2.16. The van der Waals surface area contributed by atoms with Gasteiger partial charge in [-0.05, 0) is 39.1 Å². The second kappa shape index (κ2) is 5.86. The zero-order chi connectivity index (χ0) is 12.0. The molecule has 4 nitrogen and oxygen atoms in total.